The van der Waals surface area contributed by atoms with E-state index in [4.69, 9.17) is 21.1 Å². The Morgan fingerprint density at radius 1 is 0.979 bits per heavy atom. The number of benzene rings is 3. The molecule has 1 aromatic heterocycles. The maximum atomic E-state index is 14.2. The number of aromatic amines is 1. The van der Waals surface area contributed by atoms with Crippen LogP contribution in [0.15, 0.2) is 76.6 Å². The second kappa shape index (κ2) is 11.7. The van der Waals surface area contributed by atoms with Crippen LogP contribution in [-0.4, -0.2) is 34.6 Å². The van der Waals surface area contributed by atoms with E-state index < -0.39 is 17.8 Å². The number of nitrogens with zero attached hydrogens (tertiary/aromatic N) is 1. The van der Waals surface area contributed by atoms with Gasteiger partial charge in [-0.2, -0.15) is 0 Å². The quantitative estimate of drug-likeness (QED) is 0.168. The van der Waals surface area contributed by atoms with Crippen LogP contribution in [0.5, 0.6) is 5.75 Å². The lowest BCUT2D eigenvalue weighted by Gasteiger charge is -2.43. The average Bonchev–Trinajstić information content (AvgIpc) is 3.80. The number of anilines is 1. The highest BCUT2D eigenvalue weighted by Crippen LogP contribution is 2.69. The molecule has 2 saturated carbocycles. The number of thioether (sulfide) groups is 1. The van der Waals surface area contributed by atoms with E-state index in [0.29, 0.717) is 28.6 Å². The number of rotatable bonds is 7. The summed E-state index contributed by atoms with van der Waals surface area (Å²) in [5.74, 6) is -1.39. The third-order valence-electron chi connectivity index (χ3n) is 10.2. The first-order valence-electron chi connectivity index (χ1n) is 15.8. The number of hydrogen-bond acceptors (Lipinski definition) is 8. The first kappa shape index (κ1) is 30.5. The summed E-state index contributed by atoms with van der Waals surface area (Å²) in [4.78, 5) is 58.4. The van der Waals surface area contributed by atoms with E-state index in [-0.39, 0.29) is 52.2 Å². The Morgan fingerprint density at radius 2 is 1.70 bits per heavy atom. The molecule has 3 heterocycles. The molecule has 4 aliphatic rings. The first-order chi connectivity index (χ1) is 22.7. The van der Waals surface area contributed by atoms with Gasteiger partial charge in [-0.25, -0.2) is 4.79 Å². The zero-order chi connectivity index (χ0) is 32.6. The Kier molecular flexibility index (Phi) is 7.57. The maximum Gasteiger partial charge on any atom is 0.338 e. The number of amides is 2. The van der Waals surface area contributed by atoms with Crippen molar-refractivity contribution in [3.8, 4) is 5.75 Å². The Hall–Kier alpha value is -3.86. The molecule has 8 nitrogen and oxygen atoms in total. The van der Waals surface area contributed by atoms with Crippen LogP contribution >= 0.6 is 34.7 Å². The van der Waals surface area contributed by atoms with Crippen LogP contribution in [0.2, 0.25) is 5.02 Å². The number of aromatic nitrogens is 1. The van der Waals surface area contributed by atoms with Crippen molar-refractivity contribution in [3.63, 3.8) is 0 Å². The smallest absolute Gasteiger partial charge is 0.338 e. The van der Waals surface area contributed by atoms with E-state index >= 15 is 0 Å². The topological polar surface area (TPSA) is 106 Å². The lowest BCUT2D eigenvalue weighted by molar-refractivity contribution is -0.123. The van der Waals surface area contributed by atoms with Crippen LogP contribution in [0.4, 0.5) is 5.69 Å². The van der Waals surface area contributed by atoms with Gasteiger partial charge in [0.1, 0.15) is 12.4 Å². The minimum Gasteiger partial charge on any atom is -0.489 e. The van der Waals surface area contributed by atoms with Gasteiger partial charge in [0.25, 0.3) is 0 Å². The second-order valence-electron chi connectivity index (χ2n) is 12.7. The van der Waals surface area contributed by atoms with Crippen LogP contribution in [-0.2, 0) is 20.9 Å². The van der Waals surface area contributed by atoms with Gasteiger partial charge in [-0.3, -0.25) is 19.3 Å². The summed E-state index contributed by atoms with van der Waals surface area (Å²) in [5, 5.41) is 1.41. The van der Waals surface area contributed by atoms with Gasteiger partial charge in [0.2, 0.25) is 11.8 Å². The fourth-order valence-electron chi connectivity index (χ4n) is 8.32. The molecule has 2 bridgehead atoms. The number of imide groups is 1. The SMILES string of the molecule is CCOC(=O)c1ccc(N2C(=O)C3C4CC(C3C2=O)C2C4Sc3[nH]c(=O)sc3[C@@H]2c2cc(Cl)ccc2OCc2ccc(C)cc2)cc1. The van der Waals surface area contributed by atoms with Gasteiger partial charge in [0.15, 0.2) is 0 Å². The first-order valence-corrected chi connectivity index (χ1v) is 17.8. The van der Waals surface area contributed by atoms with Crippen molar-refractivity contribution in [2.24, 2.45) is 29.6 Å². The van der Waals surface area contributed by atoms with E-state index in [1.807, 2.05) is 37.3 Å². The third-order valence-corrected chi connectivity index (χ3v) is 13.0. The molecule has 6 unspecified atom stereocenters. The number of H-pyrrole nitrogens is 1. The lowest BCUT2D eigenvalue weighted by Crippen LogP contribution is -2.42. The van der Waals surface area contributed by atoms with Crippen LogP contribution in [0, 0.1) is 36.5 Å². The van der Waals surface area contributed by atoms with E-state index in [9.17, 15) is 19.2 Å². The number of thiazole rings is 1. The van der Waals surface area contributed by atoms with E-state index in [1.165, 1.54) is 21.8 Å². The molecule has 3 fully saturated rings. The van der Waals surface area contributed by atoms with Crippen molar-refractivity contribution in [2.75, 3.05) is 11.5 Å². The number of esters is 1. The fourth-order valence-corrected chi connectivity index (χ4v) is 11.4. The summed E-state index contributed by atoms with van der Waals surface area (Å²) in [6, 6.07) is 20.3. The molecule has 3 aromatic carbocycles. The predicted octanol–water partition coefficient (Wildman–Crippen LogP) is 6.83. The standard InChI is InChI=1S/C36H31ClN2O6S2/c1-3-44-35(42)19-8-11-21(12-9-19)39-33(40)28-23-15-24(29(28)34(39)41)30-27(23)26(31-32(46-30)38-36(43)47-31)22-14-20(37)10-13-25(22)45-16-18-6-4-17(2)5-7-18/h4-14,23-24,26-30H,3,15-16H2,1-2H3,(H,38,43)/t23?,24?,26-,27?,28?,29?,30?/m1/s1. The summed E-state index contributed by atoms with van der Waals surface area (Å²) >= 11 is 9.47. The Morgan fingerprint density at radius 3 is 2.43 bits per heavy atom. The molecule has 2 amide bonds. The van der Waals surface area contributed by atoms with Crippen molar-refractivity contribution in [3.05, 3.63) is 109 Å². The summed E-state index contributed by atoms with van der Waals surface area (Å²) in [7, 11) is 0. The van der Waals surface area contributed by atoms with Crippen molar-refractivity contribution in [1.29, 1.82) is 0 Å². The Labute approximate surface area is 284 Å². The average molecular weight is 687 g/mol. The summed E-state index contributed by atoms with van der Waals surface area (Å²) in [6.07, 6.45) is 0.764. The number of aryl methyl sites for hydroxylation is 1. The predicted molar refractivity (Wildman–Crippen MR) is 180 cm³/mol. The number of hydrogen-bond donors (Lipinski definition) is 1. The summed E-state index contributed by atoms with van der Waals surface area (Å²) < 4.78 is 11.5. The zero-order valence-corrected chi connectivity index (χ0v) is 28.0. The molecule has 0 spiro atoms. The highest BCUT2D eigenvalue weighted by Gasteiger charge is 2.69. The van der Waals surface area contributed by atoms with Crippen molar-refractivity contribution < 1.29 is 23.9 Å². The maximum absolute atomic E-state index is 14.2. The molecule has 240 valence electrons. The molecule has 11 heteroatoms. The van der Waals surface area contributed by atoms with Gasteiger partial charge in [-0.05, 0) is 86.1 Å². The minimum atomic E-state index is -0.463. The van der Waals surface area contributed by atoms with Crippen molar-refractivity contribution in [2.45, 2.75) is 43.1 Å². The third kappa shape index (κ3) is 4.95. The zero-order valence-electron chi connectivity index (χ0n) is 25.6. The van der Waals surface area contributed by atoms with E-state index in [0.717, 1.165) is 27.5 Å². The number of carbonyl (C=O) groups excluding carboxylic acids is 3. The molecule has 47 heavy (non-hydrogen) atoms. The van der Waals surface area contributed by atoms with Gasteiger partial charge in [0, 0.05) is 26.6 Å². The van der Waals surface area contributed by atoms with Crippen LogP contribution in [0.3, 0.4) is 0 Å². The molecule has 1 N–H and O–H groups in total. The Bertz CT molecular complexity index is 1970. The number of halogens is 1. The molecule has 1 saturated heterocycles. The van der Waals surface area contributed by atoms with Gasteiger partial charge in [-0.1, -0.05) is 52.8 Å². The fraction of sp³-hybridized carbons (Fsp3) is 0.333. The number of ether oxygens (including phenoxy) is 2. The molecule has 2 aliphatic carbocycles. The molecule has 4 aromatic rings. The molecular weight excluding hydrogens is 656 g/mol. The van der Waals surface area contributed by atoms with Crippen molar-refractivity contribution in [1.82, 2.24) is 4.98 Å². The van der Waals surface area contributed by atoms with Crippen LogP contribution in [0.25, 0.3) is 0 Å². The highest BCUT2D eigenvalue weighted by atomic mass is 35.5. The van der Waals surface area contributed by atoms with Gasteiger partial charge < -0.3 is 14.5 Å². The normalized spacial score (nSPS) is 27.0. The lowest BCUT2D eigenvalue weighted by atomic mass is 9.68. The number of nitrogens with one attached hydrogen (secondary N) is 1. The van der Waals surface area contributed by atoms with Crippen molar-refractivity contribution >= 4 is 58.2 Å². The molecule has 8 rings (SSSR count). The van der Waals surface area contributed by atoms with Gasteiger partial charge in [0.05, 0.1) is 34.7 Å². The molecule has 2 aliphatic heterocycles. The molecule has 7 atom stereocenters. The van der Waals surface area contributed by atoms with Crippen LogP contribution in [0.1, 0.15) is 51.2 Å². The monoisotopic (exact) mass is 686 g/mol. The summed E-state index contributed by atoms with van der Waals surface area (Å²) in [5.41, 5.74) is 3.92. The van der Waals surface area contributed by atoms with Gasteiger partial charge in [-0.15, -0.1) is 11.8 Å². The Balaban J connectivity index is 1.15. The van der Waals surface area contributed by atoms with E-state index in [2.05, 4.69) is 17.1 Å². The highest BCUT2D eigenvalue weighted by molar-refractivity contribution is 8.00. The minimum absolute atomic E-state index is 0.00622. The van der Waals surface area contributed by atoms with E-state index in [1.54, 1.807) is 43.0 Å². The number of fused-ring (bicyclic) bond motifs is 9. The molecule has 0 radical (unpaired) electrons. The van der Waals surface area contributed by atoms with Gasteiger partial charge >= 0.3 is 10.8 Å². The second-order valence-corrected chi connectivity index (χ2v) is 15.3. The van der Waals surface area contributed by atoms with Crippen LogP contribution < -0.4 is 14.5 Å². The largest absolute Gasteiger partial charge is 0.489 e. The summed E-state index contributed by atoms with van der Waals surface area (Å²) in [6.45, 7) is 4.41. The number of carbonyl (C=O) groups is 3. The molecular formula is C36H31ClN2O6S2.